The lowest BCUT2D eigenvalue weighted by Crippen LogP contribution is -2.38. The largest absolute Gasteiger partial charge is 0.454 e. The van der Waals surface area contributed by atoms with Crippen LogP contribution in [0.2, 0.25) is 0 Å². The normalized spacial score (nSPS) is 19.0. The lowest BCUT2D eigenvalue weighted by molar-refractivity contribution is 0.174. The number of hydrogen-bond acceptors (Lipinski definition) is 6. The zero-order valence-electron chi connectivity index (χ0n) is 15.1. The molecular weight excluding hydrogens is 384 g/mol. The molecule has 0 spiro atoms. The highest BCUT2D eigenvalue weighted by molar-refractivity contribution is 7.89. The topological polar surface area (TPSA) is 67.9 Å². The Morgan fingerprint density at radius 1 is 1.07 bits per heavy atom. The molecular formula is C19H24N2O4S2. The summed E-state index contributed by atoms with van der Waals surface area (Å²) >= 11 is 1.68. The van der Waals surface area contributed by atoms with Crippen molar-refractivity contribution in [2.75, 3.05) is 26.4 Å². The maximum absolute atomic E-state index is 12.8. The van der Waals surface area contributed by atoms with Crippen molar-refractivity contribution in [1.29, 1.82) is 0 Å². The van der Waals surface area contributed by atoms with E-state index >= 15 is 0 Å². The molecule has 1 aromatic heterocycles. The van der Waals surface area contributed by atoms with E-state index in [4.69, 9.17) is 9.47 Å². The van der Waals surface area contributed by atoms with E-state index < -0.39 is 10.0 Å². The Labute approximate surface area is 164 Å². The second-order valence-electron chi connectivity index (χ2n) is 6.85. The zero-order valence-corrected chi connectivity index (χ0v) is 16.7. The van der Waals surface area contributed by atoms with E-state index in [1.807, 2.05) is 11.4 Å². The van der Waals surface area contributed by atoms with Gasteiger partial charge in [-0.1, -0.05) is 18.9 Å². The van der Waals surface area contributed by atoms with Crippen molar-refractivity contribution in [3.63, 3.8) is 0 Å². The number of ether oxygens (including phenoxy) is 2. The number of nitrogens with one attached hydrogen (secondary N) is 1. The van der Waals surface area contributed by atoms with Crippen LogP contribution >= 0.6 is 11.3 Å². The molecule has 1 atom stereocenters. The van der Waals surface area contributed by atoms with Crippen LogP contribution in [0.15, 0.2) is 40.6 Å². The van der Waals surface area contributed by atoms with Crippen molar-refractivity contribution < 1.29 is 17.9 Å². The Balaban J connectivity index is 1.51. The van der Waals surface area contributed by atoms with Crippen molar-refractivity contribution in [3.8, 4) is 11.5 Å². The van der Waals surface area contributed by atoms with Gasteiger partial charge in [-0.05, 0) is 49.5 Å². The molecule has 146 valence electrons. The van der Waals surface area contributed by atoms with Gasteiger partial charge in [0.25, 0.3) is 0 Å². The fourth-order valence-corrected chi connectivity index (χ4v) is 5.53. The highest BCUT2D eigenvalue weighted by atomic mass is 32.2. The predicted octanol–water partition coefficient (Wildman–Crippen LogP) is 3.37. The van der Waals surface area contributed by atoms with E-state index in [0.717, 1.165) is 25.9 Å². The molecule has 0 amide bonds. The van der Waals surface area contributed by atoms with Crippen molar-refractivity contribution in [3.05, 3.63) is 40.6 Å². The number of benzene rings is 1. The minimum absolute atomic E-state index is 0.0619. The van der Waals surface area contributed by atoms with Crippen molar-refractivity contribution in [2.24, 2.45) is 0 Å². The highest BCUT2D eigenvalue weighted by Gasteiger charge is 2.26. The summed E-state index contributed by atoms with van der Waals surface area (Å²) in [5, 5.41) is 2.05. The summed E-state index contributed by atoms with van der Waals surface area (Å²) in [4.78, 5) is 3.82. The minimum atomic E-state index is -3.62. The van der Waals surface area contributed by atoms with Crippen LogP contribution in [-0.2, 0) is 10.0 Å². The predicted molar refractivity (Wildman–Crippen MR) is 105 cm³/mol. The standard InChI is InChI=1S/C19H24N2O4S2/c22-27(23,15-7-8-17-18(12-15)25-14-24-17)20-13-16(19-6-5-11-26-19)21-9-3-1-2-4-10-21/h5-8,11-12,16,20H,1-4,9-10,13-14H2/t16-/m1/s1. The van der Waals surface area contributed by atoms with Gasteiger partial charge in [-0.15, -0.1) is 11.3 Å². The van der Waals surface area contributed by atoms with Gasteiger partial charge in [0.1, 0.15) is 0 Å². The van der Waals surface area contributed by atoms with Gasteiger partial charge < -0.3 is 9.47 Å². The quantitative estimate of drug-likeness (QED) is 0.794. The summed E-state index contributed by atoms with van der Waals surface area (Å²) < 4.78 is 39.1. The molecule has 0 aliphatic carbocycles. The maximum Gasteiger partial charge on any atom is 0.240 e. The summed E-state index contributed by atoms with van der Waals surface area (Å²) in [6, 6.07) is 8.90. The molecule has 4 rings (SSSR count). The van der Waals surface area contributed by atoms with Crippen LogP contribution in [0, 0.1) is 0 Å². The van der Waals surface area contributed by atoms with Crippen molar-refractivity contribution in [1.82, 2.24) is 9.62 Å². The fraction of sp³-hybridized carbons (Fsp3) is 0.474. The molecule has 1 fully saturated rings. The van der Waals surface area contributed by atoms with Crippen molar-refractivity contribution >= 4 is 21.4 Å². The third-order valence-corrected chi connectivity index (χ3v) is 7.47. The maximum atomic E-state index is 12.8. The van der Waals surface area contributed by atoms with Crippen LogP contribution in [0.1, 0.15) is 36.6 Å². The molecule has 27 heavy (non-hydrogen) atoms. The Kier molecular flexibility index (Phi) is 5.68. The van der Waals surface area contributed by atoms with E-state index in [2.05, 4.69) is 15.7 Å². The van der Waals surface area contributed by atoms with E-state index in [0.29, 0.717) is 18.0 Å². The van der Waals surface area contributed by atoms with Crippen LogP contribution in [0.4, 0.5) is 0 Å². The number of nitrogens with zero attached hydrogens (tertiary/aromatic N) is 1. The number of hydrogen-bond donors (Lipinski definition) is 1. The number of fused-ring (bicyclic) bond motifs is 1. The third-order valence-electron chi connectivity index (χ3n) is 5.07. The molecule has 3 heterocycles. The highest BCUT2D eigenvalue weighted by Crippen LogP contribution is 2.34. The number of rotatable bonds is 6. The van der Waals surface area contributed by atoms with Gasteiger partial charge in [0.15, 0.2) is 11.5 Å². The molecule has 1 N–H and O–H groups in total. The summed E-state index contributed by atoms with van der Waals surface area (Å²) in [6.07, 6.45) is 4.82. The Bertz CT molecular complexity index is 860. The first-order valence-electron chi connectivity index (χ1n) is 9.30. The van der Waals surface area contributed by atoms with E-state index in [1.54, 1.807) is 23.5 Å². The molecule has 2 aliphatic heterocycles. The zero-order chi connectivity index (χ0) is 18.7. The molecule has 0 bridgehead atoms. The molecule has 1 saturated heterocycles. The van der Waals surface area contributed by atoms with E-state index in [-0.39, 0.29) is 17.7 Å². The molecule has 0 radical (unpaired) electrons. The van der Waals surface area contributed by atoms with Gasteiger partial charge >= 0.3 is 0 Å². The first kappa shape index (κ1) is 18.7. The Hall–Kier alpha value is -1.61. The summed E-state index contributed by atoms with van der Waals surface area (Å²) in [6.45, 7) is 2.50. The molecule has 0 unspecified atom stereocenters. The minimum Gasteiger partial charge on any atom is -0.454 e. The number of sulfonamides is 1. The third kappa shape index (κ3) is 4.29. The van der Waals surface area contributed by atoms with Crippen LogP contribution in [-0.4, -0.2) is 39.7 Å². The average Bonchev–Trinajstić information content (AvgIpc) is 3.29. The van der Waals surface area contributed by atoms with Crippen LogP contribution in [0.5, 0.6) is 11.5 Å². The molecule has 8 heteroatoms. The van der Waals surface area contributed by atoms with Gasteiger partial charge in [-0.2, -0.15) is 0 Å². The number of likely N-dealkylation sites (tertiary alicyclic amines) is 1. The monoisotopic (exact) mass is 408 g/mol. The number of thiophene rings is 1. The molecule has 2 aromatic rings. The first-order valence-corrected chi connectivity index (χ1v) is 11.7. The fourth-order valence-electron chi connectivity index (χ4n) is 3.61. The smallest absolute Gasteiger partial charge is 0.240 e. The van der Waals surface area contributed by atoms with E-state index in [1.165, 1.54) is 23.8 Å². The van der Waals surface area contributed by atoms with Gasteiger partial charge in [-0.25, -0.2) is 13.1 Å². The van der Waals surface area contributed by atoms with E-state index in [9.17, 15) is 8.42 Å². The summed E-state index contributed by atoms with van der Waals surface area (Å²) in [5.74, 6) is 1.05. The van der Waals surface area contributed by atoms with Gasteiger partial charge in [0, 0.05) is 17.5 Å². The van der Waals surface area contributed by atoms with Crippen LogP contribution in [0.3, 0.4) is 0 Å². The van der Waals surface area contributed by atoms with Gasteiger partial charge in [-0.3, -0.25) is 4.90 Å². The molecule has 1 aromatic carbocycles. The average molecular weight is 409 g/mol. The SMILES string of the molecule is O=S(=O)(NC[C@H](c1cccs1)N1CCCCCC1)c1ccc2c(c1)OCO2. The van der Waals surface area contributed by atoms with Crippen LogP contribution in [0.25, 0.3) is 0 Å². The second-order valence-corrected chi connectivity index (χ2v) is 9.59. The first-order chi connectivity index (χ1) is 13.1. The Morgan fingerprint density at radius 2 is 1.85 bits per heavy atom. The summed E-state index contributed by atoms with van der Waals surface area (Å²) in [5.41, 5.74) is 0. The lowest BCUT2D eigenvalue weighted by atomic mass is 10.2. The Morgan fingerprint density at radius 3 is 2.59 bits per heavy atom. The summed E-state index contributed by atoms with van der Waals surface area (Å²) in [7, 11) is -3.62. The molecule has 2 aliphatic rings. The second kappa shape index (κ2) is 8.18. The van der Waals surface area contributed by atoms with Crippen LogP contribution < -0.4 is 14.2 Å². The lowest BCUT2D eigenvalue weighted by Gasteiger charge is -2.30. The van der Waals surface area contributed by atoms with Gasteiger partial charge in [0.05, 0.1) is 10.9 Å². The van der Waals surface area contributed by atoms with Crippen molar-refractivity contribution in [2.45, 2.75) is 36.6 Å². The van der Waals surface area contributed by atoms with Gasteiger partial charge in [0.2, 0.25) is 16.8 Å². The molecule has 0 saturated carbocycles. The molecule has 6 nitrogen and oxygen atoms in total.